The van der Waals surface area contributed by atoms with Gasteiger partial charge < -0.3 is 0 Å². The van der Waals surface area contributed by atoms with Crippen LogP contribution >= 0.6 is 12.6 Å². The molecule has 1 heteroatoms. The van der Waals surface area contributed by atoms with Gasteiger partial charge in [-0.25, -0.2) is 0 Å². The van der Waals surface area contributed by atoms with Crippen molar-refractivity contribution in [3.8, 4) is 0 Å². The molecule has 0 aromatic rings. The standard InChI is InChI=1S/C17H33S/c18-17-15-13-11-9-7-5-3-1-2-4-6-8-10-12-14-16-17/h17H,1-16H2. The van der Waals surface area contributed by atoms with Crippen molar-refractivity contribution in [1.82, 2.24) is 0 Å². The van der Waals surface area contributed by atoms with Gasteiger partial charge >= 0.3 is 0 Å². The van der Waals surface area contributed by atoms with Gasteiger partial charge in [0.25, 0.3) is 0 Å². The molecule has 0 N–H and O–H groups in total. The summed E-state index contributed by atoms with van der Waals surface area (Å²) in [5, 5.41) is 0.570. The molecule has 0 bridgehead atoms. The molecule has 0 amide bonds. The molecule has 1 aliphatic rings. The molecule has 1 saturated carbocycles. The van der Waals surface area contributed by atoms with Crippen LogP contribution in [-0.4, -0.2) is 5.25 Å². The van der Waals surface area contributed by atoms with Gasteiger partial charge in [0.15, 0.2) is 0 Å². The van der Waals surface area contributed by atoms with Gasteiger partial charge in [-0.05, 0) is 12.8 Å². The molecule has 0 spiro atoms. The molecule has 18 heavy (non-hydrogen) atoms. The summed E-state index contributed by atoms with van der Waals surface area (Å²) in [6.45, 7) is 0. The summed E-state index contributed by atoms with van der Waals surface area (Å²) in [4.78, 5) is 0. The lowest BCUT2D eigenvalue weighted by Gasteiger charge is -2.09. The highest BCUT2D eigenvalue weighted by molar-refractivity contribution is 7.80. The van der Waals surface area contributed by atoms with Crippen LogP contribution in [0.4, 0.5) is 0 Å². The number of hydrogen-bond acceptors (Lipinski definition) is 0. The largest absolute Gasteiger partial charge is 0.0904 e. The Morgan fingerprint density at radius 2 is 0.611 bits per heavy atom. The molecule has 1 radical (unpaired) electrons. The van der Waals surface area contributed by atoms with Crippen molar-refractivity contribution in [1.29, 1.82) is 0 Å². The van der Waals surface area contributed by atoms with E-state index in [2.05, 4.69) is 0 Å². The van der Waals surface area contributed by atoms with E-state index in [1.165, 1.54) is 103 Å². The smallest absolute Gasteiger partial charge is 0.0151 e. The number of hydrogen-bond donors (Lipinski definition) is 0. The van der Waals surface area contributed by atoms with Crippen molar-refractivity contribution in [2.75, 3.05) is 0 Å². The van der Waals surface area contributed by atoms with E-state index >= 15 is 0 Å². The van der Waals surface area contributed by atoms with Gasteiger partial charge in [-0.1, -0.05) is 103 Å². The minimum Gasteiger partial charge on any atom is -0.0904 e. The fourth-order valence-corrected chi connectivity index (χ4v) is 3.34. The topological polar surface area (TPSA) is 0 Å². The first-order valence-electron chi connectivity index (χ1n) is 8.55. The van der Waals surface area contributed by atoms with Crippen LogP contribution in [0.25, 0.3) is 0 Å². The summed E-state index contributed by atoms with van der Waals surface area (Å²) >= 11 is 5.55. The second-order valence-corrected chi connectivity index (χ2v) is 6.82. The maximum absolute atomic E-state index is 5.55. The first-order valence-corrected chi connectivity index (χ1v) is 9.02. The summed E-state index contributed by atoms with van der Waals surface area (Å²) in [6.07, 6.45) is 22.9. The summed E-state index contributed by atoms with van der Waals surface area (Å²) in [5.41, 5.74) is 0. The lowest BCUT2D eigenvalue weighted by atomic mass is 10.0. The fourth-order valence-electron chi connectivity index (χ4n) is 3.01. The predicted molar refractivity (Wildman–Crippen MR) is 85.3 cm³/mol. The van der Waals surface area contributed by atoms with Crippen LogP contribution in [0.2, 0.25) is 0 Å². The monoisotopic (exact) mass is 269 g/mol. The number of rotatable bonds is 0. The van der Waals surface area contributed by atoms with E-state index in [1.54, 1.807) is 0 Å². The van der Waals surface area contributed by atoms with Gasteiger partial charge in [-0.15, -0.1) is 0 Å². The normalized spacial score (nSPS) is 24.5. The molecular formula is C17H33S. The van der Waals surface area contributed by atoms with Crippen molar-refractivity contribution in [3.63, 3.8) is 0 Å². The zero-order chi connectivity index (χ0) is 12.9. The molecule has 0 heterocycles. The molecular weight excluding hydrogens is 236 g/mol. The molecule has 1 fully saturated rings. The van der Waals surface area contributed by atoms with Gasteiger partial charge in [-0.3, -0.25) is 0 Å². The Morgan fingerprint density at radius 1 is 0.389 bits per heavy atom. The van der Waals surface area contributed by atoms with E-state index in [1.807, 2.05) is 0 Å². The Kier molecular flexibility index (Phi) is 11.3. The summed E-state index contributed by atoms with van der Waals surface area (Å²) in [6, 6.07) is 0. The second kappa shape index (κ2) is 12.4. The third-order valence-corrected chi connectivity index (χ3v) is 4.77. The molecule has 0 aliphatic heterocycles. The molecule has 0 saturated heterocycles. The van der Waals surface area contributed by atoms with Crippen molar-refractivity contribution in [2.45, 2.75) is 108 Å². The average molecular weight is 270 g/mol. The molecule has 0 aromatic carbocycles. The zero-order valence-electron chi connectivity index (χ0n) is 12.3. The van der Waals surface area contributed by atoms with Crippen molar-refractivity contribution < 1.29 is 0 Å². The molecule has 0 aromatic heterocycles. The Hall–Kier alpha value is 0.350. The van der Waals surface area contributed by atoms with Gasteiger partial charge in [0, 0.05) is 5.25 Å². The van der Waals surface area contributed by atoms with Gasteiger partial charge in [0.05, 0.1) is 0 Å². The molecule has 1 rings (SSSR count). The van der Waals surface area contributed by atoms with E-state index in [9.17, 15) is 0 Å². The first-order chi connectivity index (χ1) is 8.89. The summed E-state index contributed by atoms with van der Waals surface area (Å²) < 4.78 is 0. The van der Waals surface area contributed by atoms with Gasteiger partial charge in [0.2, 0.25) is 0 Å². The van der Waals surface area contributed by atoms with Crippen molar-refractivity contribution >= 4 is 12.6 Å². The zero-order valence-corrected chi connectivity index (χ0v) is 13.1. The maximum atomic E-state index is 5.55. The molecule has 0 atom stereocenters. The lowest BCUT2D eigenvalue weighted by Crippen LogP contribution is -1.98. The predicted octanol–water partition coefficient (Wildman–Crippen LogP) is 6.81. The highest BCUT2D eigenvalue weighted by atomic mass is 32.1. The highest BCUT2D eigenvalue weighted by Gasteiger charge is 2.04. The highest BCUT2D eigenvalue weighted by Crippen LogP contribution is 2.19. The van der Waals surface area contributed by atoms with Crippen molar-refractivity contribution in [3.05, 3.63) is 0 Å². The lowest BCUT2D eigenvalue weighted by molar-refractivity contribution is 0.538. The fraction of sp³-hybridized carbons (Fsp3) is 1.00. The van der Waals surface area contributed by atoms with Crippen LogP contribution < -0.4 is 0 Å². The van der Waals surface area contributed by atoms with E-state index in [0.717, 1.165) is 0 Å². The maximum Gasteiger partial charge on any atom is 0.0151 e. The van der Waals surface area contributed by atoms with Crippen LogP contribution in [0.15, 0.2) is 0 Å². The molecule has 0 unspecified atom stereocenters. The van der Waals surface area contributed by atoms with Crippen LogP contribution in [-0.2, 0) is 0 Å². The third-order valence-electron chi connectivity index (χ3n) is 4.30. The van der Waals surface area contributed by atoms with E-state index in [4.69, 9.17) is 12.6 Å². The second-order valence-electron chi connectivity index (χ2n) is 6.15. The van der Waals surface area contributed by atoms with Gasteiger partial charge in [0.1, 0.15) is 0 Å². The molecule has 0 nitrogen and oxygen atoms in total. The van der Waals surface area contributed by atoms with Crippen LogP contribution in [0.5, 0.6) is 0 Å². The Morgan fingerprint density at radius 3 is 0.889 bits per heavy atom. The van der Waals surface area contributed by atoms with E-state index < -0.39 is 0 Å². The minimum absolute atomic E-state index is 0.570. The first kappa shape index (κ1) is 16.4. The van der Waals surface area contributed by atoms with Crippen LogP contribution in [0.1, 0.15) is 103 Å². The Labute approximate surface area is 121 Å². The van der Waals surface area contributed by atoms with Gasteiger partial charge in [-0.2, -0.15) is 0 Å². The quantitative estimate of drug-likeness (QED) is 0.453. The Bertz CT molecular complexity index is 149. The Balaban J connectivity index is 2.09. The van der Waals surface area contributed by atoms with Crippen LogP contribution in [0, 0.1) is 0 Å². The summed E-state index contributed by atoms with van der Waals surface area (Å²) in [7, 11) is 0. The SMILES string of the molecule is [S]C1CCCCCCCCCCCCCCCC1. The third kappa shape index (κ3) is 10.3. The van der Waals surface area contributed by atoms with E-state index in [-0.39, 0.29) is 0 Å². The average Bonchev–Trinajstić information content (AvgIpc) is 2.37. The van der Waals surface area contributed by atoms with E-state index in [0.29, 0.717) is 5.25 Å². The molecule has 107 valence electrons. The summed E-state index contributed by atoms with van der Waals surface area (Å²) in [5.74, 6) is 0. The molecule has 1 aliphatic carbocycles. The van der Waals surface area contributed by atoms with Crippen molar-refractivity contribution in [2.24, 2.45) is 0 Å². The van der Waals surface area contributed by atoms with Crippen LogP contribution in [0.3, 0.4) is 0 Å². The minimum atomic E-state index is 0.570.